The minimum Gasteiger partial charge on any atom is -0.381 e. The molecule has 150 valence electrons. The van der Waals surface area contributed by atoms with Crippen LogP contribution in [0, 0.1) is 5.41 Å². The van der Waals surface area contributed by atoms with Gasteiger partial charge in [-0.3, -0.25) is 4.99 Å². The van der Waals surface area contributed by atoms with Crippen molar-refractivity contribution >= 4 is 5.96 Å². The van der Waals surface area contributed by atoms with E-state index in [1.54, 1.807) is 0 Å². The zero-order valence-corrected chi connectivity index (χ0v) is 17.5. The number of hydrogen-bond acceptors (Lipinski definition) is 3. The van der Waals surface area contributed by atoms with Gasteiger partial charge >= 0.3 is 0 Å². The van der Waals surface area contributed by atoms with Crippen molar-refractivity contribution in [2.45, 2.75) is 65.3 Å². The van der Waals surface area contributed by atoms with E-state index in [2.05, 4.69) is 67.2 Å². The van der Waals surface area contributed by atoms with E-state index in [0.717, 1.165) is 45.1 Å². The Morgan fingerprint density at radius 2 is 1.78 bits per heavy atom. The number of rotatable bonds is 5. The summed E-state index contributed by atoms with van der Waals surface area (Å²) in [6.07, 6.45) is 2.35. The molecule has 0 unspecified atom stereocenters. The SMILES string of the molecule is CN=C(NCc1ccc(COC2CCOCC2)cc1)N1CC(C)(C)C1(C)C. The quantitative estimate of drug-likeness (QED) is 0.633. The fourth-order valence-corrected chi connectivity index (χ4v) is 3.69. The number of hydrogen-bond donors (Lipinski definition) is 1. The molecule has 2 fully saturated rings. The monoisotopic (exact) mass is 373 g/mol. The van der Waals surface area contributed by atoms with Gasteiger partial charge in [0.2, 0.25) is 0 Å². The lowest BCUT2D eigenvalue weighted by atomic mass is 9.65. The zero-order chi connectivity index (χ0) is 19.5. The number of likely N-dealkylation sites (tertiary alicyclic amines) is 1. The molecule has 0 spiro atoms. The third-order valence-electron chi connectivity index (χ3n) is 6.48. The Kier molecular flexibility index (Phi) is 6.11. The zero-order valence-electron chi connectivity index (χ0n) is 17.5. The van der Waals surface area contributed by atoms with Crippen LogP contribution < -0.4 is 5.32 Å². The third kappa shape index (κ3) is 4.46. The number of nitrogens with zero attached hydrogens (tertiary/aromatic N) is 2. The largest absolute Gasteiger partial charge is 0.381 e. The maximum Gasteiger partial charge on any atom is 0.194 e. The molecule has 2 saturated heterocycles. The maximum atomic E-state index is 6.00. The summed E-state index contributed by atoms with van der Waals surface area (Å²) in [6, 6.07) is 8.67. The van der Waals surface area contributed by atoms with Crippen molar-refractivity contribution < 1.29 is 9.47 Å². The topological polar surface area (TPSA) is 46.1 Å². The molecule has 0 atom stereocenters. The van der Waals surface area contributed by atoms with Gasteiger partial charge in [-0.2, -0.15) is 0 Å². The molecule has 3 rings (SSSR count). The van der Waals surface area contributed by atoms with E-state index in [1.165, 1.54) is 11.1 Å². The van der Waals surface area contributed by atoms with E-state index in [9.17, 15) is 0 Å². The van der Waals surface area contributed by atoms with Gasteiger partial charge in [0, 0.05) is 44.3 Å². The summed E-state index contributed by atoms with van der Waals surface area (Å²) < 4.78 is 11.4. The highest BCUT2D eigenvalue weighted by molar-refractivity contribution is 5.82. The van der Waals surface area contributed by atoms with Gasteiger partial charge in [0.1, 0.15) is 0 Å². The molecule has 0 amide bonds. The van der Waals surface area contributed by atoms with Gasteiger partial charge in [-0.15, -0.1) is 0 Å². The number of ether oxygens (including phenoxy) is 2. The minimum absolute atomic E-state index is 0.111. The first-order chi connectivity index (χ1) is 12.8. The molecule has 27 heavy (non-hydrogen) atoms. The van der Waals surface area contributed by atoms with Crippen LogP contribution >= 0.6 is 0 Å². The Bertz CT molecular complexity index is 646. The van der Waals surface area contributed by atoms with Crippen molar-refractivity contribution in [3.8, 4) is 0 Å². The average Bonchev–Trinajstić information content (AvgIpc) is 2.67. The lowest BCUT2D eigenvalue weighted by Crippen LogP contribution is -2.72. The molecule has 2 aliphatic rings. The molecule has 0 radical (unpaired) electrons. The average molecular weight is 374 g/mol. The fraction of sp³-hybridized carbons (Fsp3) is 0.682. The van der Waals surface area contributed by atoms with Gasteiger partial charge in [0.15, 0.2) is 5.96 Å². The van der Waals surface area contributed by atoms with E-state index in [1.807, 2.05) is 7.05 Å². The normalized spacial score (nSPS) is 22.4. The molecule has 1 aromatic rings. The Morgan fingerprint density at radius 3 is 2.33 bits per heavy atom. The molecule has 5 heteroatoms. The van der Waals surface area contributed by atoms with Gasteiger partial charge in [0.05, 0.1) is 12.7 Å². The Hall–Kier alpha value is -1.59. The first kappa shape index (κ1) is 20.2. The molecule has 0 bridgehead atoms. The Morgan fingerprint density at radius 1 is 1.15 bits per heavy atom. The molecule has 5 nitrogen and oxygen atoms in total. The summed E-state index contributed by atoms with van der Waals surface area (Å²) in [4.78, 5) is 6.85. The van der Waals surface area contributed by atoms with Gasteiger partial charge < -0.3 is 19.7 Å². The molecular weight excluding hydrogens is 338 g/mol. The van der Waals surface area contributed by atoms with Crippen LogP contribution in [0.5, 0.6) is 0 Å². The smallest absolute Gasteiger partial charge is 0.194 e. The second-order valence-electron chi connectivity index (χ2n) is 8.87. The highest BCUT2D eigenvalue weighted by atomic mass is 16.5. The standard InChI is InChI=1S/C22H35N3O2/c1-21(2)16-25(22(21,3)4)20(23-5)24-14-17-6-8-18(9-7-17)15-27-19-10-12-26-13-11-19/h6-9,19H,10-16H2,1-5H3,(H,23,24). The molecular formula is C22H35N3O2. The molecule has 1 aromatic carbocycles. The van der Waals surface area contributed by atoms with Crippen molar-refractivity contribution in [2.75, 3.05) is 26.8 Å². The summed E-state index contributed by atoms with van der Waals surface area (Å²) in [7, 11) is 1.86. The predicted molar refractivity (Wildman–Crippen MR) is 110 cm³/mol. The highest BCUT2D eigenvalue weighted by Crippen LogP contribution is 2.46. The van der Waals surface area contributed by atoms with Crippen molar-refractivity contribution in [1.29, 1.82) is 0 Å². The molecule has 2 aliphatic heterocycles. The molecule has 1 N–H and O–H groups in total. The molecule has 2 heterocycles. The van der Waals surface area contributed by atoms with Gasteiger partial charge in [-0.1, -0.05) is 38.1 Å². The third-order valence-corrected chi connectivity index (χ3v) is 6.48. The minimum atomic E-state index is 0.111. The van der Waals surface area contributed by atoms with E-state index in [0.29, 0.717) is 18.1 Å². The van der Waals surface area contributed by atoms with Crippen LogP contribution in [0.3, 0.4) is 0 Å². The summed E-state index contributed by atoms with van der Waals surface area (Å²) in [5.74, 6) is 0.978. The summed E-state index contributed by atoms with van der Waals surface area (Å²) in [5, 5.41) is 3.51. The fourth-order valence-electron chi connectivity index (χ4n) is 3.69. The van der Waals surface area contributed by atoms with Crippen molar-refractivity contribution in [2.24, 2.45) is 10.4 Å². The summed E-state index contributed by atoms with van der Waals surface area (Å²) in [5.41, 5.74) is 2.89. The van der Waals surface area contributed by atoms with Crippen molar-refractivity contribution in [3.63, 3.8) is 0 Å². The second kappa shape index (κ2) is 8.19. The van der Waals surface area contributed by atoms with Crippen LogP contribution in [-0.2, 0) is 22.6 Å². The molecule has 0 saturated carbocycles. The van der Waals surface area contributed by atoms with Crippen LogP contribution in [0.4, 0.5) is 0 Å². The van der Waals surface area contributed by atoms with Crippen LogP contribution in [-0.4, -0.2) is 49.3 Å². The van der Waals surface area contributed by atoms with E-state index in [-0.39, 0.29) is 5.54 Å². The number of aliphatic imine (C=N–C) groups is 1. The van der Waals surface area contributed by atoms with Gasteiger partial charge in [-0.05, 0) is 37.8 Å². The van der Waals surface area contributed by atoms with Crippen LogP contribution in [0.15, 0.2) is 29.3 Å². The number of nitrogens with one attached hydrogen (secondary N) is 1. The van der Waals surface area contributed by atoms with E-state index in [4.69, 9.17) is 9.47 Å². The Labute approximate surface area is 164 Å². The van der Waals surface area contributed by atoms with Gasteiger partial charge in [-0.25, -0.2) is 0 Å². The van der Waals surface area contributed by atoms with Crippen molar-refractivity contribution in [3.05, 3.63) is 35.4 Å². The maximum absolute atomic E-state index is 6.00. The van der Waals surface area contributed by atoms with Crippen LogP contribution in [0.1, 0.15) is 51.7 Å². The lowest BCUT2D eigenvalue weighted by Gasteiger charge is -2.62. The van der Waals surface area contributed by atoms with Crippen molar-refractivity contribution in [1.82, 2.24) is 10.2 Å². The first-order valence-electron chi connectivity index (χ1n) is 10.1. The number of benzene rings is 1. The highest BCUT2D eigenvalue weighted by Gasteiger charge is 2.53. The van der Waals surface area contributed by atoms with E-state index >= 15 is 0 Å². The van der Waals surface area contributed by atoms with Crippen LogP contribution in [0.2, 0.25) is 0 Å². The molecule has 0 aliphatic carbocycles. The first-order valence-corrected chi connectivity index (χ1v) is 10.1. The lowest BCUT2D eigenvalue weighted by molar-refractivity contribution is -0.0667. The Balaban J connectivity index is 1.48. The summed E-state index contributed by atoms with van der Waals surface area (Å²) in [6.45, 7) is 13.3. The second-order valence-corrected chi connectivity index (χ2v) is 8.87. The summed E-state index contributed by atoms with van der Waals surface area (Å²) >= 11 is 0. The molecule has 0 aromatic heterocycles. The van der Waals surface area contributed by atoms with E-state index < -0.39 is 0 Å². The van der Waals surface area contributed by atoms with Crippen LogP contribution in [0.25, 0.3) is 0 Å². The predicted octanol–water partition coefficient (Wildman–Crippen LogP) is 3.58. The van der Waals surface area contributed by atoms with Gasteiger partial charge in [0.25, 0.3) is 0 Å². The number of guanidine groups is 1.